The molecule has 0 spiro atoms. The van der Waals surface area contributed by atoms with E-state index in [0.29, 0.717) is 18.8 Å². The summed E-state index contributed by atoms with van der Waals surface area (Å²) >= 11 is 0. The van der Waals surface area contributed by atoms with E-state index in [1.807, 2.05) is 18.7 Å². The van der Waals surface area contributed by atoms with Crippen LogP contribution in [0, 0.1) is 5.92 Å². The van der Waals surface area contributed by atoms with Gasteiger partial charge in [0.25, 0.3) is 0 Å². The number of nitrogens with one attached hydrogen (secondary N) is 1. The monoisotopic (exact) mass is 266 g/mol. The van der Waals surface area contributed by atoms with Gasteiger partial charge in [-0.2, -0.15) is 0 Å². The average molecular weight is 266 g/mol. The lowest BCUT2D eigenvalue weighted by molar-refractivity contribution is -0.153. The first-order valence-corrected chi connectivity index (χ1v) is 7.72. The molecule has 1 saturated carbocycles. The third-order valence-electron chi connectivity index (χ3n) is 4.82. The van der Waals surface area contributed by atoms with Gasteiger partial charge in [0.1, 0.15) is 12.1 Å². The van der Waals surface area contributed by atoms with Crippen LogP contribution in [0.25, 0.3) is 0 Å². The Morgan fingerprint density at radius 2 is 1.84 bits per heavy atom. The molecule has 3 atom stereocenters. The van der Waals surface area contributed by atoms with Gasteiger partial charge in [0.2, 0.25) is 11.8 Å². The predicted molar refractivity (Wildman–Crippen MR) is 74.6 cm³/mol. The van der Waals surface area contributed by atoms with Crippen molar-refractivity contribution in [2.75, 3.05) is 0 Å². The van der Waals surface area contributed by atoms with E-state index in [1.54, 1.807) is 0 Å². The quantitative estimate of drug-likeness (QED) is 0.847. The summed E-state index contributed by atoms with van der Waals surface area (Å²) in [7, 11) is 0. The van der Waals surface area contributed by atoms with Crippen LogP contribution in [0.3, 0.4) is 0 Å². The third kappa shape index (κ3) is 2.63. The molecule has 1 N–H and O–H groups in total. The molecule has 1 aliphatic carbocycles. The summed E-state index contributed by atoms with van der Waals surface area (Å²) in [4.78, 5) is 26.6. The van der Waals surface area contributed by atoms with Crippen molar-refractivity contribution in [1.29, 1.82) is 0 Å². The first-order chi connectivity index (χ1) is 9.10. The van der Waals surface area contributed by atoms with Crippen molar-refractivity contribution < 1.29 is 9.59 Å². The summed E-state index contributed by atoms with van der Waals surface area (Å²) in [5.74, 6) is 0.716. The molecule has 4 nitrogen and oxygen atoms in total. The minimum absolute atomic E-state index is 0.0267. The first-order valence-electron chi connectivity index (χ1n) is 7.72. The van der Waals surface area contributed by atoms with Crippen LogP contribution < -0.4 is 5.32 Å². The molecular weight excluding hydrogens is 240 g/mol. The predicted octanol–water partition coefficient (Wildman–Crippen LogP) is 2.08. The van der Waals surface area contributed by atoms with E-state index in [-0.39, 0.29) is 29.9 Å². The minimum atomic E-state index is -0.320. The molecule has 1 saturated heterocycles. The van der Waals surface area contributed by atoms with Crippen LogP contribution in [0.5, 0.6) is 0 Å². The number of hydrogen-bond acceptors (Lipinski definition) is 2. The second-order valence-corrected chi connectivity index (χ2v) is 5.92. The molecule has 0 aromatic carbocycles. The molecule has 0 aromatic rings. The molecule has 1 aliphatic heterocycles. The Morgan fingerprint density at radius 3 is 2.37 bits per heavy atom. The summed E-state index contributed by atoms with van der Waals surface area (Å²) in [5.41, 5.74) is 0. The van der Waals surface area contributed by atoms with Crippen molar-refractivity contribution in [3.63, 3.8) is 0 Å². The number of rotatable bonds is 4. The fourth-order valence-electron chi connectivity index (χ4n) is 3.60. The van der Waals surface area contributed by atoms with E-state index in [0.717, 1.165) is 0 Å². The van der Waals surface area contributed by atoms with Crippen molar-refractivity contribution >= 4 is 11.8 Å². The van der Waals surface area contributed by atoms with Crippen LogP contribution in [0.1, 0.15) is 59.3 Å². The molecule has 2 aliphatic rings. The molecule has 19 heavy (non-hydrogen) atoms. The van der Waals surface area contributed by atoms with Gasteiger partial charge in [-0.15, -0.1) is 0 Å². The highest BCUT2D eigenvalue weighted by Gasteiger charge is 2.43. The van der Waals surface area contributed by atoms with Gasteiger partial charge in [0.15, 0.2) is 0 Å². The van der Waals surface area contributed by atoms with E-state index in [4.69, 9.17) is 0 Å². The zero-order valence-corrected chi connectivity index (χ0v) is 12.3. The zero-order chi connectivity index (χ0) is 14.0. The topological polar surface area (TPSA) is 49.4 Å². The second-order valence-electron chi connectivity index (χ2n) is 5.92. The van der Waals surface area contributed by atoms with Crippen LogP contribution in [-0.2, 0) is 9.59 Å². The van der Waals surface area contributed by atoms with Crippen LogP contribution >= 0.6 is 0 Å². The Kier molecular flexibility index (Phi) is 4.48. The van der Waals surface area contributed by atoms with E-state index < -0.39 is 0 Å². The Morgan fingerprint density at radius 1 is 1.21 bits per heavy atom. The van der Waals surface area contributed by atoms with Crippen molar-refractivity contribution in [3.8, 4) is 0 Å². The molecule has 3 unspecified atom stereocenters. The molecule has 108 valence electrons. The number of hydrogen-bond donors (Lipinski definition) is 1. The highest BCUT2D eigenvalue weighted by Crippen LogP contribution is 2.32. The number of carbonyl (C=O) groups is 2. The van der Waals surface area contributed by atoms with Gasteiger partial charge >= 0.3 is 0 Å². The first kappa shape index (κ1) is 14.4. The highest BCUT2D eigenvalue weighted by atomic mass is 16.2. The van der Waals surface area contributed by atoms with Crippen molar-refractivity contribution in [2.24, 2.45) is 5.92 Å². The third-order valence-corrected chi connectivity index (χ3v) is 4.82. The van der Waals surface area contributed by atoms with E-state index in [9.17, 15) is 9.59 Å². The molecule has 0 aromatic heterocycles. The lowest BCUT2D eigenvalue weighted by Crippen LogP contribution is -2.65. The maximum absolute atomic E-state index is 12.6. The highest BCUT2D eigenvalue weighted by molar-refractivity contribution is 5.97. The smallest absolute Gasteiger partial charge is 0.246 e. The second kappa shape index (κ2) is 5.93. The number of carbonyl (C=O) groups excluding carboxylic acids is 2. The average Bonchev–Trinajstić information content (AvgIpc) is 2.93. The number of nitrogens with zero attached hydrogens (tertiary/aromatic N) is 1. The molecule has 2 fully saturated rings. The van der Waals surface area contributed by atoms with Crippen molar-refractivity contribution in [3.05, 3.63) is 0 Å². The Labute approximate surface area is 115 Å². The molecular formula is C15H26N2O2. The minimum Gasteiger partial charge on any atom is -0.343 e. The largest absolute Gasteiger partial charge is 0.343 e. The summed E-state index contributed by atoms with van der Waals surface area (Å²) in [6.07, 6.45) is 6.29. The van der Waals surface area contributed by atoms with Crippen LogP contribution in [0.4, 0.5) is 0 Å². The summed E-state index contributed by atoms with van der Waals surface area (Å²) in [5, 5.41) is 2.86. The number of amides is 2. The van der Waals surface area contributed by atoms with E-state index >= 15 is 0 Å². The fourth-order valence-corrected chi connectivity index (χ4v) is 3.60. The summed E-state index contributed by atoms with van der Waals surface area (Å²) in [6.45, 7) is 6.06. The molecule has 1 heterocycles. The van der Waals surface area contributed by atoms with Crippen molar-refractivity contribution in [1.82, 2.24) is 10.2 Å². The Balaban J connectivity index is 2.20. The van der Waals surface area contributed by atoms with E-state index in [1.165, 1.54) is 25.7 Å². The van der Waals surface area contributed by atoms with Crippen LogP contribution in [0.15, 0.2) is 0 Å². The standard InChI is InChI=1S/C15H26N2O2/c1-4-12-15(19)17(13(5-2)14(18)16-12)10(3)11-8-6-7-9-11/h10-13H,4-9H2,1-3H3,(H,16,18). The SMILES string of the molecule is CCC1NC(=O)C(CC)N(C(C)C2CCCC2)C1=O. The fraction of sp³-hybridized carbons (Fsp3) is 0.867. The molecule has 2 rings (SSSR count). The summed E-state index contributed by atoms with van der Waals surface area (Å²) in [6, 6.07) is -0.398. The van der Waals surface area contributed by atoms with Gasteiger partial charge in [-0.1, -0.05) is 26.7 Å². The lowest BCUT2D eigenvalue weighted by atomic mass is 9.93. The van der Waals surface area contributed by atoms with Gasteiger partial charge < -0.3 is 10.2 Å². The Hall–Kier alpha value is -1.06. The van der Waals surface area contributed by atoms with E-state index in [2.05, 4.69) is 12.2 Å². The van der Waals surface area contributed by atoms with Gasteiger partial charge in [0.05, 0.1) is 0 Å². The normalized spacial score (nSPS) is 30.6. The molecule has 0 bridgehead atoms. The lowest BCUT2D eigenvalue weighted by Gasteiger charge is -2.43. The maximum Gasteiger partial charge on any atom is 0.246 e. The zero-order valence-electron chi connectivity index (χ0n) is 12.3. The van der Waals surface area contributed by atoms with Gasteiger partial charge in [-0.05, 0) is 38.5 Å². The number of piperazine rings is 1. The Bertz CT molecular complexity index is 350. The molecule has 2 amide bonds. The maximum atomic E-state index is 12.6. The molecule has 4 heteroatoms. The van der Waals surface area contributed by atoms with Crippen molar-refractivity contribution in [2.45, 2.75) is 77.4 Å². The van der Waals surface area contributed by atoms with Crippen LogP contribution in [-0.4, -0.2) is 34.8 Å². The van der Waals surface area contributed by atoms with Crippen LogP contribution in [0.2, 0.25) is 0 Å². The summed E-state index contributed by atoms with van der Waals surface area (Å²) < 4.78 is 0. The van der Waals surface area contributed by atoms with Gasteiger partial charge in [-0.25, -0.2) is 0 Å². The molecule has 0 radical (unpaired) electrons. The van der Waals surface area contributed by atoms with Gasteiger partial charge in [0, 0.05) is 6.04 Å². The van der Waals surface area contributed by atoms with Gasteiger partial charge in [-0.3, -0.25) is 9.59 Å².